The minimum Gasteiger partial charge on any atom is -0.487 e. The maximum absolute atomic E-state index is 12.7. The molecular formula is C22H17Br2N3O2S. The molecule has 0 radical (unpaired) electrons. The first-order chi connectivity index (χ1) is 14.5. The second kappa shape index (κ2) is 10.1. The summed E-state index contributed by atoms with van der Waals surface area (Å²) < 4.78 is 6.95. The zero-order chi connectivity index (χ0) is 21.7. The lowest BCUT2D eigenvalue weighted by molar-refractivity contribution is -0.112. The van der Waals surface area contributed by atoms with Crippen LogP contribution in [-0.4, -0.2) is 12.5 Å². The Morgan fingerprint density at radius 3 is 2.60 bits per heavy atom. The normalized spacial score (nSPS) is 13.0. The molecule has 0 aliphatic heterocycles. The van der Waals surface area contributed by atoms with E-state index in [2.05, 4.69) is 49.8 Å². The van der Waals surface area contributed by atoms with Gasteiger partial charge in [-0.05, 0) is 86.9 Å². The summed E-state index contributed by atoms with van der Waals surface area (Å²) in [5, 5.41) is 22.4. The fourth-order valence-electron chi connectivity index (χ4n) is 3.20. The Kier molecular flexibility index (Phi) is 7.49. The van der Waals surface area contributed by atoms with Crippen LogP contribution in [0.1, 0.15) is 34.4 Å². The number of aryl methyl sites for hydroxylation is 1. The van der Waals surface area contributed by atoms with Crippen molar-refractivity contribution in [2.45, 2.75) is 25.7 Å². The molecule has 0 spiro atoms. The quantitative estimate of drug-likeness (QED) is 0.268. The SMILES string of the molecule is C=CCOc1c(Br)cc(/C=C(\C#N)C(=O)Nc2sc3c(c2C#N)CCCC3)cc1Br. The van der Waals surface area contributed by atoms with E-state index in [1.807, 2.05) is 6.07 Å². The summed E-state index contributed by atoms with van der Waals surface area (Å²) in [5.74, 6) is 0.0738. The van der Waals surface area contributed by atoms with Gasteiger partial charge in [-0.1, -0.05) is 12.7 Å². The Bertz CT molecular complexity index is 1100. The van der Waals surface area contributed by atoms with E-state index < -0.39 is 5.91 Å². The first-order valence-corrected chi connectivity index (χ1v) is 11.6. The Morgan fingerprint density at radius 2 is 1.97 bits per heavy atom. The number of carbonyl (C=O) groups excluding carboxylic acids is 1. The molecule has 0 atom stereocenters. The van der Waals surface area contributed by atoms with Crippen LogP contribution in [0, 0.1) is 22.7 Å². The van der Waals surface area contributed by atoms with Crippen molar-refractivity contribution < 1.29 is 9.53 Å². The van der Waals surface area contributed by atoms with Gasteiger partial charge in [-0.15, -0.1) is 11.3 Å². The third-order valence-corrected chi connectivity index (χ3v) is 6.94. The number of carbonyl (C=O) groups is 1. The number of fused-ring (bicyclic) bond motifs is 1. The molecule has 2 aromatic rings. The number of anilines is 1. The zero-order valence-corrected chi connectivity index (χ0v) is 19.9. The number of hydrogen-bond acceptors (Lipinski definition) is 5. The van der Waals surface area contributed by atoms with E-state index >= 15 is 0 Å². The van der Waals surface area contributed by atoms with Crippen LogP contribution in [0.3, 0.4) is 0 Å². The third-order valence-electron chi connectivity index (χ3n) is 4.55. The van der Waals surface area contributed by atoms with E-state index in [4.69, 9.17) is 4.74 Å². The molecule has 0 unspecified atom stereocenters. The number of ether oxygens (including phenoxy) is 1. The molecule has 5 nitrogen and oxygen atoms in total. The van der Waals surface area contributed by atoms with E-state index in [0.29, 0.717) is 37.4 Å². The monoisotopic (exact) mass is 545 g/mol. The summed E-state index contributed by atoms with van der Waals surface area (Å²) in [6.45, 7) is 3.98. The van der Waals surface area contributed by atoms with Gasteiger partial charge in [0.15, 0.2) is 0 Å². The predicted octanol–water partition coefficient (Wildman–Crippen LogP) is 6.13. The maximum atomic E-state index is 12.7. The van der Waals surface area contributed by atoms with E-state index in [9.17, 15) is 15.3 Å². The lowest BCUT2D eigenvalue weighted by atomic mass is 9.96. The highest BCUT2D eigenvalue weighted by Gasteiger charge is 2.22. The van der Waals surface area contributed by atoms with Crippen LogP contribution in [-0.2, 0) is 17.6 Å². The summed E-state index contributed by atoms with van der Waals surface area (Å²) >= 11 is 8.32. The van der Waals surface area contributed by atoms with Crippen LogP contribution in [0.25, 0.3) is 6.08 Å². The molecular weight excluding hydrogens is 530 g/mol. The molecule has 0 saturated carbocycles. The van der Waals surface area contributed by atoms with Crippen LogP contribution >= 0.6 is 43.2 Å². The Labute approximate surface area is 195 Å². The fraction of sp³-hybridized carbons (Fsp3) is 0.227. The summed E-state index contributed by atoms with van der Waals surface area (Å²) in [6, 6.07) is 7.69. The van der Waals surface area contributed by atoms with Crippen molar-refractivity contribution in [3.63, 3.8) is 0 Å². The molecule has 8 heteroatoms. The Morgan fingerprint density at radius 1 is 1.27 bits per heavy atom. The van der Waals surface area contributed by atoms with Gasteiger partial charge >= 0.3 is 0 Å². The minimum absolute atomic E-state index is 0.0520. The van der Waals surface area contributed by atoms with Gasteiger partial charge in [-0.3, -0.25) is 4.79 Å². The van der Waals surface area contributed by atoms with Gasteiger partial charge in [-0.25, -0.2) is 0 Å². The molecule has 1 heterocycles. The molecule has 0 fully saturated rings. The zero-order valence-electron chi connectivity index (χ0n) is 15.9. The molecule has 1 amide bonds. The second-order valence-electron chi connectivity index (χ2n) is 6.56. The number of nitrogens with zero attached hydrogens (tertiary/aromatic N) is 2. The number of benzene rings is 1. The van der Waals surface area contributed by atoms with Gasteiger partial charge in [0, 0.05) is 4.88 Å². The summed E-state index contributed by atoms with van der Waals surface area (Å²) in [4.78, 5) is 13.9. The van der Waals surface area contributed by atoms with Crippen molar-refractivity contribution in [3.8, 4) is 17.9 Å². The molecule has 1 aliphatic rings. The number of rotatable bonds is 6. The van der Waals surface area contributed by atoms with Crippen LogP contribution in [0.5, 0.6) is 5.75 Å². The molecule has 0 saturated heterocycles. The molecule has 1 aromatic carbocycles. The average molecular weight is 547 g/mol. The van der Waals surface area contributed by atoms with Gasteiger partial charge in [0.1, 0.15) is 35.1 Å². The van der Waals surface area contributed by atoms with Crippen molar-refractivity contribution in [2.24, 2.45) is 0 Å². The van der Waals surface area contributed by atoms with E-state index in [1.165, 1.54) is 17.4 Å². The van der Waals surface area contributed by atoms with Crippen LogP contribution in [0.4, 0.5) is 5.00 Å². The van der Waals surface area contributed by atoms with Gasteiger partial charge in [0.25, 0.3) is 5.91 Å². The minimum atomic E-state index is -0.535. The van der Waals surface area contributed by atoms with Gasteiger partial charge < -0.3 is 10.1 Å². The van der Waals surface area contributed by atoms with Crippen molar-refractivity contribution in [1.82, 2.24) is 0 Å². The molecule has 1 aliphatic carbocycles. The van der Waals surface area contributed by atoms with Crippen molar-refractivity contribution in [1.29, 1.82) is 10.5 Å². The van der Waals surface area contributed by atoms with Crippen molar-refractivity contribution in [2.75, 3.05) is 11.9 Å². The van der Waals surface area contributed by atoms with Crippen molar-refractivity contribution >= 4 is 60.2 Å². The molecule has 1 N–H and O–H groups in total. The summed E-state index contributed by atoms with van der Waals surface area (Å²) in [5.41, 5.74) is 2.16. The number of nitriles is 2. The molecule has 152 valence electrons. The van der Waals surface area contributed by atoms with Gasteiger partial charge in [-0.2, -0.15) is 10.5 Å². The highest BCUT2D eigenvalue weighted by Crippen LogP contribution is 2.38. The lowest BCUT2D eigenvalue weighted by Crippen LogP contribution is -2.13. The largest absolute Gasteiger partial charge is 0.487 e. The third kappa shape index (κ3) is 4.84. The topological polar surface area (TPSA) is 85.9 Å². The molecule has 1 aromatic heterocycles. The van der Waals surface area contributed by atoms with E-state index in [0.717, 1.165) is 36.1 Å². The smallest absolute Gasteiger partial charge is 0.266 e. The van der Waals surface area contributed by atoms with Crippen LogP contribution < -0.4 is 10.1 Å². The predicted molar refractivity (Wildman–Crippen MR) is 125 cm³/mol. The Balaban J connectivity index is 1.86. The number of halogens is 2. The molecule has 3 rings (SSSR count). The summed E-state index contributed by atoms with van der Waals surface area (Å²) in [6.07, 6.45) is 7.06. The maximum Gasteiger partial charge on any atom is 0.266 e. The second-order valence-corrected chi connectivity index (χ2v) is 9.38. The molecule has 0 bridgehead atoms. The number of nitrogens with one attached hydrogen (secondary N) is 1. The van der Waals surface area contributed by atoms with Crippen LogP contribution in [0.15, 0.2) is 39.3 Å². The number of hydrogen-bond donors (Lipinski definition) is 1. The lowest BCUT2D eigenvalue weighted by Gasteiger charge is -2.10. The highest BCUT2D eigenvalue weighted by molar-refractivity contribution is 9.11. The van der Waals surface area contributed by atoms with E-state index in [1.54, 1.807) is 18.2 Å². The van der Waals surface area contributed by atoms with Gasteiger partial charge in [0.2, 0.25) is 0 Å². The number of amides is 1. The fourth-order valence-corrected chi connectivity index (χ4v) is 5.89. The standard InChI is InChI=1S/C22H17Br2N3O2S/c1-2-7-29-20-17(23)9-13(10-18(20)24)8-14(11-25)21(28)27-22-16(12-26)15-5-3-4-6-19(15)30-22/h2,8-10H,1,3-7H2,(H,27,28)/b14-8+. The number of thiophene rings is 1. The molecule has 30 heavy (non-hydrogen) atoms. The average Bonchev–Trinajstić information content (AvgIpc) is 3.08. The highest BCUT2D eigenvalue weighted by atomic mass is 79.9. The first-order valence-electron chi connectivity index (χ1n) is 9.19. The van der Waals surface area contributed by atoms with Gasteiger partial charge in [0.05, 0.1) is 14.5 Å². The van der Waals surface area contributed by atoms with Crippen molar-refractivity contribution in [3.05, 3.63) is 60.9 Å². The summed E-state index contributed by atoms with van der Waals surface area (Å²) in [7, 11) is 0. The van der Waals surface area contributed by atoms with Crippen LogP contribution in [0.2, 0.25) is 0 Å². The van der Waals surface area contributed by atoms with E-state index in [-0.39, 0.29) is 5.57 Å². The first kappa shape index (κ1) is 22.3. The Hall–Kier alpha value is -2.39.